The first-order valence-corrected chi connectivity index (χ1v) is 6.13. The van der Waals surface area contributed by atoms with Crippen LogP contribution in [0, 0.1) is 5.82 Å². The van der Waals surface area contributed by atoms with Gasteiger partial charge in [0.05, 0.1) is 0 Å². The Morgan fingerprint density at radius 3 is 2.33 bits per heavy atom. The lowest BCUT2D eigenvalue weighted by atomic mass is 10.1. The second-order valence-electron chi connectivity index (χ2n) is 4.38. The van der Waals surface area contributed by atoms with Crippen LogP contribution in [0.4, 0.5) is 20.6 Å². The molecule has 3 N–H and O–H groups in total. The van der Waals surface area contributed by atoms with E-state index in [1.807, 2.05) is 0 Å². The van der Waals surface area contributed by atoms with Gasteiger partial charge >= 0.3 is 6.03 Å². The Labute approximate surface area is 120 Å². The third-order valence-corrected chi connectivity index (χ3v) is 2.73. The summed E-state index contributed by atoms with van der Waals surface area (Å²) in [4.78, 5) is 23.0. The van der Waals surface area contributed by atoms with Crippen LogP contribution in [0.25, 0.3) is 0 Å². The van der Waals surface area contributed by atoms with Crippen molar-refractivity contribution < 1.29 is 19.1 Å². The smallest absolute Gasteiger partial charge is 0.323 e. The highest BCUT2D eigenvalue weighted by Crippen LogP contribution is 2.19. The fraction of sp³-hybridized carbons (Fsp3) is 0.0667. The van der Waals surface area contributed by atoms with Crippen LogP contribution in [0.5, 0.6) is 5.75 Å². The number of hydrogen-bond donors (Lipinski definition) is 3. The van der Waals surface area contributed by atoms with E-state index in [-0.39, 0.29) is 11.5 Å². The van der Waals surface area contributed by atoms with Crippen LogP contribution in [-0.2, 0) is 0 Å². The second-order valence-corrected chi connectivity index (χ2v) is 4.38. The van der Waals surface area contributed by atoms with Crippen LogP contribution >= 0.6 is 0 Å². The summed E-state index contributed by atoms with van der Waals surface area (Å²) in [5, 5.41) is 14.0. The molecular formula is C15H13FN2O3. The van der Waals surface area contributed by atoms with Crippen molar-refractivity contribution in [2.75, 3.05) is 10.6 Å². The quantitative estimate of drug-likeness (QED) is 0.598. The number of nitrogens with one attached hydrogen (secondary N) is 2. The van der Waals surface area contributed by atoms with Gasteiger partial charge in [-0.05, 0) is 31.2 Å². The minimum Gasteiger partial charge on any atom is -0.505 e. The van der Waals surface area contributed by atoms with Crippen LogP contribution < -0.4 is 10.6 Å². The maximum atomic E-state index is 13.1. The van der Waals surface area contributed by atoms with E-state index in [9.17, 15) is 14.0 Å². The molecule has 6 heteroatoms. The monoisotopic (exact) mass is 288 g/mol. The summed E-state index contributed by atoms with van der Waals surface area (Å²) < 4.78 is 13.1. The number of amides is 2. The van der Waals surface area contributed by atoms with Crippen molar-refractivity contribution >= 4 is 23.2 Å². The number of ketones is 1. The fourth-order valence-corrected chi connectivity index (χ4v) is 1.69. The summed E-state index contributed by atoms with van der Waals surface area (Å²) in [6.45, 7) is 1.43. The van der Waals surface area contributed by atoms with Crippen molar-refractivity contribution in [3.05, 3.63) is 53.8 Å². The van der Waals surface area contributed by atoms with Gasteiger partial charge in [0.25, 0.3) is 0 Å². The maximum Gasteiger partial charge on any atom is 0.323 e. The topological polar surface area (TPSA) is 78.4 Å². The largest absolute Gasteiger partial charge is 0.505 e. The molecule has 0 bridgehead atoms. The van der Waals surface area contributed by atoms with E-state index < -0.39 is 17.6 Å². The summed E-state index contributed by atoms with van der Waals surface area (Å²) in [6, 6.07) is 9.38. The van der Waals surface area contributed by atoms with E-state index in [0.717, 1.165) is 12.1 Å². The molecule has 0 spiro atoms. The van der Waals surface area contributed by atoms with Gasteiger partial charge in [-0.3, -0.25) is 4.79 Å². The summed E-state index contributed by atoms with van der Waals surface area (Å²) in [6.07, 6.45) is 0. The fourth-order valence-electron chi connectivity index (χ4n) is 1.69. The van der Waals surface area contributed by atoms with Gasteiger partial charge < -0.3 is 15.7 Å². The molecule has 0 aromatic heterocycles. The molecule has 0 saturated heterocycles. The molecule has 2 aromatic carbocycles. The maximum absolute atomic E-state index is 13.1. The Hall–Kier alpha value is -2.89. The van der Waals surface area contributed by atoms with Crippen LogP contribution in [0.15, 0.2) is 42.5 Å². The van der Waals surface area contributed by atoms with Gasteiger partial charge in [0.15, 0.2) is 17.3 Å². The molecule has 0 heterocycles. The zero-order valence-corrected chi connectivity index (χ0v) is 11.2. The average Bonchev–Trinajstić information content (AvgIpc) is 2.43. The highest BCUT2D eigenvalue weighted by molar-refractivity contribution is 6.01. The number of Topliss-reactive ketones (excluding diaryl/α,β-unsaturated/α-hetero) is 1. The number of urea groups is 1. The summed E-state index contributed by atoms with van der Waals surface area (Å²) in [7, 11) is 0. The van der Waals surface area contributed by atoms with Gasteiger partial charge in [0, 0.05) is 23.0 Å². The number of carbonyl (C=O) groups is 2. The number of phenols is 1. The molecule has 0 aliphatic rings. The lowest BCUT2D eigenvalue weighted by Crippen LogP contribution is -2.19. The van der Waals surface area contributed by atoms with E-state index >= 15 is 0 Å². The minimum absolute atomic E-state index is 0.111. The predicted octanol–water partition coefficient (Wildman–Crippen LogP) is 3.38. The Morgan fingerprint density at radius 2 is 1.71 bits per heavy atom. The van der Waals surface area contributed by atoms with Crippen LogP contribution in [-0.4, -0.2) is 16.9 Å². The predicted molar refractivity (Wildman–Crippen MR) is 77.2 cm³/mol. The van der Waals surface area contributed by atoms with E-state index in [4.69, 9.17) is 5.11 Å². The lowest BCUT2D eigenvalue weighted by Gasteiger charge is -2.08. The first-order chi connectivity index (χ1) is 9.95. The third kappa shape index (κ3) is 3.79. The van der Waals surface area contributed by atoms with Gasteiger partial charge in [-0.2, -0.15) is 0 Å². The van der Waals surface area contributed by atoms with Crippen LogP contribution in [0.2, 0.25) is 0 Å². The molecular weight excluding hydrogens is 275 g/mol. The number of anilines is 2. The number of halogens is 1. The first-order valence-electron chi connectivity index (χ1n) is 6.13. The molecule has 0 radical (unpaired) electrons. The second kappa shape index (κ2) is 6.04. The molecule has 0 saturated carbocycles. The number of aromatic hydroxyl groups is 1. The molecule has 2 amide bonds. The van der Waals surface area contributed by atoms with Gasteiger partial charge in [-0.15, -0.1) is 0 Å². The standard InChI is InChI=1S/C15H13FN2O3/c1-9(19)10-3-2-4-11(7-10)17-15(21)18-12-5-6-14(20)13(16)8-12/h2-8,20H,1H3,(H2,17,18,21). The van der Waals surface area contributed by atoms with E-state index in [2.05, 4.69) is 10.6 Å². The molecule has 0 aliphatic heterocycles. The number of hydrogen-bond acceptors (Lipinski definition) is 3. The number of rotatable bonds is 3. The zero-order chi connectivity index (χ0) is 15.4. The molecule has 2 rings (SSSR count). The number of phenolic OH excluding ortho intramolecular Hbond substituents is 1. The zero-order valence-electron chi connectivity index (χ0n) is 11.2. The average molecular weight is 288 g/mol. The third-order valence-electron chi connectivity index (χ3n) is 2.73. The van der Waals surface area contributed by atoms with Crippen molar-refractivity contribution in [3.63, 3.8) is 0 Å². The number of benzene rings is 2. The highest BCUT2D eigenvalue weighted by atomic mass is 19.1. The van der Waals surface area contributed by atoms with Crippen LogP contribution in [0.3, 0.4) is 0 Å². The molecule has 0 atom stereocenters. The SMILES string of the molecule is CC(=O)c1cccc(NC(=O)Nc2ccc(O)c(F)c2)c1. The first kappa shape index (κ1) is 14.5. The van der Waals surface area contributed by atoms with E-state index in [1.165, 1.54) is 13.0 Å². The lowest BCUT2D eigenvalue weighted by molar-refractivity contribution is 0.101. The van der Waals surface area contributed by atoms with Crippen LogP contribution in [0.1, 0.15) is 17.3 Å². The van der Waals surface area contributed by atoms with Crippen molar-refractivity contribution in [3.8, 4) is 5.75 Å². The van der Waals surface area contributed by atoms with Gasteiger partial charge in [-0.25, -0.2) is 9.18 Å². The van der Waals surface area contributed by atoms with E-state index in [0.29, 0.717) is 11.3 Å². The van der Waals surface area contributed by atoms with Crippen molar-refractivity contribution in [2.24, 2.45) is 0 Å². The molecule has 5 nitrogen and oxygen atoms in total. The van der Waals surface area contributed by atoms with Crippen molar-refractivity contribution in [1.29, 1.82) is 0 Å². The molecule has 2 aromatic rings. The molecule has 108 valence electrons. The Morgan fingerprint density at radius 1 is 1.05 bits per heavy atom. The Kier molecular flexibility index (Phi) is 4.18. The van der Waals surface area contributed by atoms with E-state index in [1.54, 1.807) is 24.3 Å². The summed E-state index contributed by atoms with van der Waals surface area (Å²) >= 11 is 0. The molecule has 0 fully saturated rings. The summed E-state index contributed by atoms with van der Waals surface area (Å²) in [5.74, 6) is -1.43. The van der Waals surface area contributed by atoms with Crippen molar-refractivity contribution in [1.82, 2.24) is 0 Å². The minimum atomic E-state index is -0.827. The molecule has 0 unspecified atom stereocenters. The van der Waals surface area contributed by atoms with Gasteiger partial charge in [0.2, 0.25) is 0 Å². The Balaban J connectivity index is 2.06. The van der Waals surface area contributed by atoms with Gasteiger partial charge in [0.1, 0.15) is 0 Å². The molecule has 0 aliphatic carbocycles. The van der Waals surface area contributed by atoms with Crippen molar-refractivity contribution in [2.45, 2.75) is 6.92 Å². The number of carbonyl (C=O) groups excluding carboxylic acids is 2. The summed E-state index contributed by atoms with van der Waals surface area (Å²) in [5.41, 5.74) is 1.12. The van der Waals surface area contributed by atoms with Gasteiger partial charge in [-0.1, -0.05) is 12.1 Å². The molecule has 21 heavy (non-hydrogen) atoms. The highest BCUT2D eigenvalue weighted by Gasteiger charge is 2.07. The Bertz CT molecular complexity index is 701. The normalized spacial score (nSPS) is 10.0.